The van der Waals surface area contributed by atoms with Crippen molar-refractivity contribution < 1.29 is 19.1 Å². The van der Waals surface area contributed by atoms with Crippen LogP contribution in [0.4, 0.5) is 10.5 Å². The Morgan fingerprint density at radius 3 is 2.75 bits per heavy atom. The molecule has 1 aliphatic rings. The number of esters is 1. The lowest BCUT2D eigenvalue weighted by atomic mass is 9.80. The van der Waals surface area contributed by atoms with Crippen molar-refractivity contribution in [3.8, 4) is 12.3 Å². The average molecular weight is 386 g/mol. The smallest absolute Gasteiger partial charge is 0.410 e. The van der Waals surface area contributed by atoms with E-state index in [0.29, 0.717) is 32.7 Å². The summed E-state index contributed by atoms with van der Waals surface area (Å²) in [4.78, 5) is 26.8. The van der Waals surface area contributed by atoms with Gasteiger partial charge in [-0.1, -0.05) is 18.1 Å². The lowest BCUT2D eigenvalue weighted by molar-refractivity contribution is -0.150. The molecule has 0 radical (unpaired) electrons. The molecule has 1 fully saturated rings. The second kappa shape index (κ2) is 9.50. The maximum absolute atomic E-state index is 12.6. The molecule has 1 N–H and O–H groups in total. The molecule has 2 atom stereocenters. The first-order chi connectivity index (χ1) is 13.2. The van der Waals surface area contributed by atoms with Gasteiger partial charge in [0.15, 0.2) is 0 Å². The molecule has 28 heavy (non-hydrogen) atoms. The standard InChI is InChI=1S/C22H30N2O4/c1-6-12-23-17-10-8-9-16(14-17)19-15-24(21(26)28-22(3,4)5)13-11-18(19)20(25)27-7-2/h1,8-10,14,18-19,23H,7,11-13,15H2,2-5H3. The van der Waals surface area contributed by atoms with Gasteiger partial charge in [-0.3, -0.25) is 4.79 Å². The molecule has 6 nitrogen and oxygen atoms in total. The minimum atomic E-state index is -0.566. The third kappa shape index (κ3) is 5.91. The predicted molar refractivity (Wildman–Crippen MR) is 109 cm³/mol. The Kier molecular flexibility index (Phi) is 7.33. The highest BCUT2D eigenvalue weighted by Gasteiger charge is 2.38. The van der Waals surface area contributed by atoms with E-state index in [2.05, 4.69) is 11.2 Å². The first-order valence-electron chi connectivity index (χ1n) is 9.67. The summed E-state index contributed by atoms with van der Waals surface area (Å²) in [6, 6.07) is 7.79. The molecule has 0 aliphatic carbocycles. The van der Waals surface area contributed by atoms with Crippen molar-refractivity contribution in [3.05, 3.63) is 29.8 Å². The summed E-state index contributed by atoms with van der Waals surface area (Å²) in [7, 11) is 0. The van der Waals surface area contributed by atoms with Crippen molar-refractivity contribution in [2.45, 2.75) is 45.6 Å². The fourth-order valence-electron chi connectivity index (χ4n) is 3.35. The lowest BCUT2D eigenvalue weighted by Gasteiger charge is -2.38. The number of nitrogens with zero attached hydrogens (tertiary/aromatic N) is 1. The molecule has 1 aromatic carbocycles. The topological polar surface area (TPSA) is 67.9 Å². The van der Waals surface area contributed by atoms with Crippen LogP contribution in [0, 0.1) is 18.3 Å². The van der Waals surface area contributed by atoms with Crippen molar-refractivity contribution in [3.63, 3.8) is 0 Å². The fourth-order valence-corrected chi connectivity index (χ4v) is 3.35. The molecule has 1 heterocycles. The minimum absolute atomic E-state index is 0.173. The summed E-state index contributed by atoms with van der Waals surface area (Å²) < 4.78 is 10.8. The van der Waals surface area contributed by atoms with E-state index in [1.165, 1.54) is 0 Å². The number of terminal acetylenes is 1. The molecular formula is C22H30N2O4. The van der Waals surface area contributed by atoms with Crippen LogP contribution < -0.4 is 5.32 Å². The maximum atomic E-state index is 12.6. The number of ether oxygens (including phenoxy) is 2. The van der Waals surface area contributed by atoms with E-state index in [9.17, 15) is 9.59 Å². The number of rotatable bonds is 5. The number of benzene rings is 1. The predicted octanol–water partition coefficient (Wildman–Crippen LogP) is 3.64. The van der Waals surface area contributed by atoms with Gasteiger partial charge in [-0.25, -0.2) is 4.79 Å². The zero-order valence-corrected chi connectivity index (χ0v) is 17.2. The van der Waals surface area contributed by atoms with Crippen LogP contribution in [0.5, 0.6) is 0 Å². The number of amides is 1. The Balaban J connectivity index is 2.26. The van der Waals surface area contributed by atoms with Gasteiger partial charge in [0, 0.05) is 24.7 Å². The highest BCUT2D eigenvalue weighted by molar-refractivity contribution is 5.75. The van der Waals surface area contributed by atoms with Gasteiger partial charge in [0.2, 0.25) is 0 Å². The molecule has 0 spiro atoms. The van der Waals surface area contributed by atoms with E-state index in [4.69, 9.17) is 15.9 Å². The number of carbonyl (C=O) groups excluding carboxylic acids is 2. The first kappa shape index (κ1) is 21.6. The third-order valence-electron chi connectivity index (χ3n) is 4.56. The first-order valence-corrected chi connectivity index (χ1v) is 9.67. The van der Waals surface area contributed by atoms with Gasteiger partial charge in [0.05, 0.1) is 19.1 Å². The summed E-state index contributed by atoms with van der Waals surface area (Å²) in [5, 5.41) is 3.15. The molecule has 1 saturated heterocycles. The van der Waals surface area contributed by atoms with E-state index < -0.39 is 5.60 Å². The van der Waals surface area contributed by atoms with Gasteiger partial charge in [0.25, 0.3) is 0 Å². The van der Waals surface area contributed by atoms with Crippen LogP contribution in [0.2, 0.25) is 0 Å². The molecule has 0 aromatic heterocycles. The molecule has 1 aliphatic heterocycles. The summed E-state index contributed by atoms with van der Waals surface area (Å²) >= 11 is 0. The van der Waals surface area contributed by atoms with Crippen LogP contribution in [0.3, 0.4) is 0 Å². The molecule has 152 valence electrons. The SMILES string of the molecule is C#CCNc1cccc(C2CN(C(=O)OC(C)(C)C)CCC2C(=O)OCC)c1. The minimum Gasteiger partial charge on any atom is -0.466 e. The maximum Gasteiger partial charge on any atom is 0.410 e. The quantitative estimate of drug-likeness (QED) is 0.618. The van der Waals surface area contributed by atoms with Crippen molar-refractivity contribution >= 4 is 17.7 Å². The molecule has 6 heteroatoms. The van der Waals surface area contributed by atoms with E-state index in [1.54, 1.807) is 11.8 Å². The number of hydrogen-bond donors (Lipinski definition) is 1. The van der Waals surface area contributed by atoms with Crippen LogP contribution in [0.15, 0.2) is 24.3 Å². The van der Waals surface area contributed by atoms with Crippen LogP contribution >= 0.6 is 0 Å². The van der Waals surface area contributed by atoms with Crippen molar-refractivity contribution in [1.29, 1.82) is 0 Å². The lowest BCUT2D eigenvalue weighted by Crippen LogP contribution is -2.47. The highest BCUT2D eigenvalue weighted by Crippen LogP contribution is 2.35. The Hall–Kier alpha value is -2.68. The van der Waals surface area contributed by atoms with Gasteiger partial charge in [-0.2, -0.15) is 0 Å². The van der Waals surface area contributed by atoms with Gasteiger partial charge >= 0.3 is 12.1 Å². The molecule has 2 rings (SSSR count). The fraction of sp³-hybridized carbons (Fsp3) is 0.545. The van der Waals surface area contributed by atoms with Gasteiger partial charge in [0.1, 0.15) is 5.60 Å². The number of hydrogen-bond acceptors (Lipinski definition) is 5. The number of carbonyl (C=O) groups is 2. The summed E-state index contributed by atoms with van der Waals surface area (Å²) in [6.45, 7) is 8.94. The average Bonchev–Trinajstić information content (AvgIpc) is 2.65. The van der Waals surface area contributed by atoms with E-state index in [-0.39, 0.29) is 23.9 Å². The number of nitrogens with one attached hydrogen (secondary N) is 1. The molecule has 1 aromatic rings. The van der Waals surface area contributed by atoms with Crippen molar-refractivity contribution in [2.75, 3.05) is 31.6 Å². The molecule has 0 saturated carbocycles. The molecule has 0 bridgehead atoms. The van der Waals surface area contributed by atoms with Crippen LogP contribution in [-0.2, 0) is 14.3 Å². The Labute approximate surface area is 167 Å². The summed E-state index contributed by atoms with van der Waals surface area (Å²) in [5.41, 5.74) is 1.28. The Morgan fingerprint density at radius 2 is 2.11 bits per heavy atom. The largest absolute Gasteiger partial charge is 0.466 e. The van der Waals surface area contributed by atoms with Crippen LogP contribution in [-0.4, -0.2) is 48.8 Å². The van der Waals surface area contributed by atoms with Crippen LogP contribution in [0.1, 0.15) is 45.6 Å². The zero-order chi connectivity index (χ0) is 20.7. The molecular weight excluding hydrogens is 356 g/mol. The van der Waals surface area contributed by atoms with Gasteiger partial charge in [-0.05, 0) is 51.8 Å². The second-order valence-electron chi connectivity index (χ2n) is 7.86. The van der Waals surface area contributed by atoms with E-state index in [0.717, 1.165) is 11.3 Å². The Morgan fingerprint density at radius 1 is 1.36 bits per heavy atom. The number of anilines is 1. The summed E-state index contributed by atoms with van der Waals surface area (Å²) in [5.74, 6) is 1.85. The molecule has 1 amide bonds. The van der Waals surface area contributed by atoms with E-state index in [1.807, 2.05) is 45.0 Å². The molecule has 2 unspecified atom stereocenters. The Bertz CT molecular complexity index is 733. The van der Waals surface area contributed by atoms with Crippen molar-refractivity contribution in [1.82, 2.24) is 4.90 Å². The second-order valence-corrected chi connectivity index (χ2v) is 7.86. The third-order valence-corrected chi connectivity index (χ3v) is 4.56. The van der Waals surface area contributed by atoms with E-state index >= 15 is 0 Å². The van der Waals surface area contributed by atoms with Gasteiger partial charge < -0.3 is 19.7 Å². The van der Waals surface area contributed by atoms with Crippen molar-refractivity contribution in [2.24, 2.45) is 5.92 Å². The highest BCUT2D eigenvalue weighted by atomic mass is 16.6. The normalized spacial score (nSPS) is 19.5. The van der Waals surface area contributed by atoms with Gasteiger partial charge in [-0.15, -0.1) is 6.42 Å². The summed E-state index contributed by atoms with van der Waals surface area (Å²) in [6.07, 6.45) is 5.50. The number of piperidine rings is 1. The van der Waals surface area contributed by atoms with Crippen LogP contribution in [0.25, 0.3) is 0 Å². The monoisotopic (exact) mass is 386 g/mol. The zero-order valence-electron chi connectivity index (χ0n) is 17.2. The number of likely N-dealkylation sites (tertiary alicyclic amines) is 1.